The van der Waals surface area contributed by atoms with Crippen molar-refractivity contribution < 1.29 is 9.53 Å². The lowest BCUT2D eigenvalue weighted by Crippen LogP contribution is -2.22. The minimum atomic E-state index is -0.0987. The second-order valence-corrected chi connectivity index (χ2v) is 5.56. The van der Waals surface area contributed by atoms with E-state index in [1.165, 1.54) is 0 Å². The van der Waals surface area contributed by atoms with Crippen LogP contribution in [0.3, 0.4) is 0 Å². The van der Waals surface area contributed by atoms with Crippen LogP contribution in [0.15, 0.2) is 40.2 Å². The second kappa shape index (κ2) is 6.02. The molecule has 0 aliphatic rings. The van der Waals surface area contributed by atoms with E-state index in [0.717, 1.165) is 9.35 Å². The van der Waals surface area contributed by atoms with Crippen molar-refractivity contribution in [1.29, 1.82) is 0 Å². The number of halogens is 1. The summed E-state index contributed by atoms with van der Waals surface area (Å²) in [5, 5.41) is 4.87. The highest BCUT2D eigenvalue weighted by atomic mass is 79.9. The summed E-state index contributed by atoms with van der Waals surface area (Å²) < 4.78 is 6.13. The van der Waals surface area contributed by atoms with Gasteiger partial charge in [0.15, 0.2) is 0 Å². The molecule has 0 aliphatic heterocycles. The fourth-order valence-electron chi connectivity index (χ4n) is 1.48. The zero-order valence-electron chi connectivity index (χ0n) is 9.77. The van der Waals surface area contributed by atoms with Crippen molar-refractivity contribution in [3.05, 3.63) is 50.6 Å². The molecule has 94 valence electrons. The van der Waals surface area contributed by atoms with Crippen LogP contribution in [-0.4, -0.2) is 13.0 Å². The molecule has 0 bridgehead atoms. The molecule has 0 aliphatic carbocycles. The molecule has 1 aromatic carbocycles. The van der Waals surface area contributed by atoms with E-state index in [2.05, 4.69) is 21.2 Å². The van der Waals surface area contributed by atoms with E-state index < -0.39 is 0 Å². The molecule has 1 N–H and O–H groups in total. The first-order valence-corrected chi connectivity index (χ1v) is 7.01. The molecule has 0 unspecified atom stereocenters. The highest BCUT2D eigenvalue weighted by Gasteiger charge is 2.06. The van der Waals surface area contributed by atoms with E-state index in [-0.39, 0.29) is 5.91 Å². The van der Waals surface area contributed by atoms with Gasteiger partial charge in [0.1, 0.15) is 5.75 Å². The lowest BCUT2D eigenvalue weighted by Gasteiger charge is -2.05. The standard InChI is InChI=1S/C13H12BrNO2S/c1-17-11-4-2-3-9(5-11)13(16)15-7-12-6-10(14)8-18-12/h2-6,8H,7H2,1H3,(H,15,16). The summed E-state index contributed by atoms with van der Waals surface area (Å²) >= 11 is 4.99. The van der Waals surface area contributed by atoms with Gasteiger partial charge in [-0.05, 0) is 40.2 Å². The van der Waals surface area contributed by atoms with Gasteiger partial charge >= 0.3 is 0 Å². The topological polar surface area (TPSA) is 38.3 Å². The third-order valence-electron chi connectivity index (χ3n) is 2.38. The molecule has 0 atom stereocenters. The van der Waals surface area contributed by atoms with Gasteiger partial charge in [-0.1, -0.05) is 6.07 Å². The second-order valence-electron chi connectivity index (χ2n) is 3.65. The van der Waals surface area contributed by atoms with Crippen LogP contribution in [0.1, 0.15) is 15.2 Å². The molecular formula is C13H12BrNO2S. The van der Waals surface area contributed by atoms with Crippen molar-refractivity contribution in [2.24, 2.45) is 0 Å². The average molecular weight is 326 g/mol. The number of hydrogen-bond acceptors (Lipinski definition) is 3. The summed E-state index contributed by atoms with van der Waals surface area (Å²) in [7, 11) is 1.58. The van der Waals surface area contributed by atoms with Crippen molar-refractivity contribution in [3.8, 4) is 5.75 Å². The molecule has 0 saturated carbocycles. The van der Waals surface area contributed by atoms with E-state index in [1.807, 2.05) is 17.5 Å². The van der Waals surface area contributed by atoms with Gasteiger partial charge in [0.2, 0.25) is 0 Å². The Morgan fingerprint density at radius 2 is 2.28 bits per heavy atom. The van der Waals surface area contributed by atoms with E-state index in [4.69, 9.17) is 4.74 Å². The van der Waals surface area contributed by atoms with Crippen LogP contribution in [0.4, 0.5) is 0 Å². The Bertz CT molecular complexity index is 553. The van der Waals surface area contributed by atoms with E-state index in [0.29, 0.717) is 17.9 Å². The largest absolute Gasteiger partial charge is 0.497 e. The molecule has 2 aromatic rings. The Kier molecular flexibility index (Phi) is 4.38. The minimum Gasteiger partial charge on any atom is -0.497 e. The van der Waals surface area contributed by atoms with E-state index in [1.54, 1.807) is 36.6 Å². The number of methoxy groups -OCH3 is 1. The van der Waals surface area contributed by atoms with Gasteiger partial charge in [-0.25, -0.2) is 0 Å². The SMILES string of the molecule is COc1cccc(C(=O)NCc2cc(Br)cs2)c1. The third-order valence-corrected chi connectivity index (χ3v) is 4.07. The number of carbonyl (C=O) groups excluding carboxylic acids is 1. The first-order chi connectivity index (χ1) is 8.69. The Labute approximate surface area is 118 Å². The number of carbonyl (C=O) groups is 1. The number of ether oxygens (including phenoxy) is 1. The molecule has 1 heterocycles. The monoisotopic (exact) mass is 325 g/mol. The third kappa shape index (κ3) is 3.34. The summed E-state index contributed by atoms with van der Waals surface area (Å²) in [6, 6.07) is 9.10. The van der Waals surface area contributed by atoms with E-state index >= 15 is 0 Å². The molecule has 1 amide bonds. The molecule has 0 fully saturated rings. The molecule has 3 nitrogen and oxygen atoms in total. The number of nitrogens with one attached hydrogen (secondary N) is 1. The predicted octanol–water partition coefficient (Wildman–Crippen LogP) is 3.45. The number of rotatable bonds is 4. The highest BCUT2D eigenvalue weighted by Crippen LogP contribution is 2.19. The van der Waals surface area contributed by atoms with Crippen molar-refractivity contribution in [1.82, 2.24) is 5.32 Å². The molecular weight excluding hydrogens is 314 g/mol. The lowest BCUT2D eigenvalue weighted by molar-refractivity contribution is 0.0951. The Balaban J connectivity index is 1.99. The van der Waals surface area contributed by atoms with Gasteiger partial charge in [0.25, 0.3) is 5.91 Å². The lowest BCUT2D eigenvalue weighted by atomic mass is 10.2. The van der Waals surface area contributed by atoms with Gasteiger partial charge in [0, 0.05) is 20.3 Å². The molecule has 5 heteroatoms. The van der Waals surface area contributed by atoms with Crippen molar-refractivity contribution in [3.63, 3.8) is 0 Å². The molecule has 0 saturated heterocycles. The Morgan fingerprint density at radius 3 is 2.94 bits per heavy atom. The summed E-state index contributed by atoms with van der Waals surface area (Å²) in [4.78, 5) is 13.0. The molecule has 0 spiro atoms. The van der Waals surface area contributed by atoms with Crippen molar-refractivity contribution >= 4 is 33.2 Å². The van der Waals surface area contributed by atoms with Crippen LogP contribution in [-0.2, 0) is 6.54 Å². The van der Waals surface area contributed by atoms with Crippen LogP contribution in [0, 0.1) is 0 Å². The first-order valence-electron chi connectivity index (χ1n) is 5.34. The molecule has 0 radical (unpaired) electrons. The number of amides is 1. The van der Waals surface area contributed by atoms with Crippen molar-refractivity contribution in [2.45, 2.75) is 6.54 Å². The summed E-state index contributed by atoms with van der Waals surface area (Å²) in [5.41, 5.74) is 0.602. The maximum atomic E-state index is 11.9. The van der Waals surface area contributed by atoms with E-state index in [9.17, 15) is 4.79 Å². The molecule has 18 heavy (non-hydrogen) atoms. The zero-order chi connectivity index (χ0) is 13.0. The number of thiophene rings is 1. The fraction of sp³-hybridized carbons (Fsp3) is 0.154. The minimum absolute atomic E-state index is 0.0987. The van der Waals surface area contributed by atoms with Gasteiger partial charge < -0.3 is 10.1 Å². The zero-order valence-corrected chi connectivity index (χ0v) is 12.2. The Morgan fingerprint density at radius 1 is 1.44 bits per heavy atom. The normalized spacial score (nSPS) is 10.1. The first kappa shape index (κ1) is 13.1. The van der Waals surface area contributed by atoms with Crippen LogP contribution in [0.5, 0.6) is 5.75 Å². The van der Waals surface area contributed by atoms with Crippen molar-refractivity contribution in [2.75, 3.05) is 7.11 Å². The van der Waals surface area contributed by atoms with Gasteiger partial charge in [-0.2, -0.15) is 0 Å². The van der Waals surface area contributed by atoms with Crippen LogP contribution >= 0.6 is 27.3 Å². The van der Waals surface area contributed by atoms with Gasteiger partial charge in [-0.15, -0.1) is 11.3 Å². The van der Waals surface area contributed by atoms with Crippen LogP contribution in [0.2, 0.25) is 0 Å². The Hall–Kier alpha value is -1.33. The van der Waals surface area contributed by atoms with Crippen LogP contribution < -0.4 is 10.1 Å². The summed E-state index contributed by atoms with van der Waals surface area (Å²) in [6.07, 6.45) is 0. The van der Waals surface area contributed by atoms with Crippen LogP contribution in [0.25, 0.3) is 0 Å². The number of benzene rings is 1. The van der Waals surface area contributed by atoms with Gasteiger partial charge in [0.05, 0.1) is 13.7 Å². The predicted molar refractivity (Wildman–Crippen MR) is 76.2 cm³/mol. The summed E-state index contributed by atoms with van der Waals surface area (Å²) in [6.45, 7) is 0.534. The molecule has 2 rings (SSSR count). The smallest absolute Gasteiger partial charge is 0.251 e. The average Bonchev–Trinajstić information content (AvgIpc) is 2.82. The molecule has 1 aromatic heterocycles. The number of hydrogen-bond donors (Lipinski definition) is 1. The maximum absolute atomic E-state index is 11.9. The summed E-state index contributed by atoms with van der Waals surface area (Å²) in [5.74, 6) is 0.583. The van der Waals surface area contributed by atoms with Gasteiger partial charge in [-0.3, -0.25) is 4.79 Å². The maximum Gasteiger partial charge on any atom is 0.251 e. The fourth-order valence-corrected chi connectivity index (χ4v) is 2.87. The quantitative estimate of drug-likeness (QED) is 0.935. The highest BCUT2D eigenvalue weighted by molar-refractivity contribution is 9.10.